The van der Waals surface area contributed by atoms with E-state index >= 15 is 0 Å². The SMILES string of the molecule is Cc1cc(NCC2(O)CCOCC2)nc(-c2ccncc2)n1. The Labute approximate surface area is 129 Å². The summed E-state index contributed by atoms with van der Waals surface area (Å²) in [6, 6.07) is 5.64. The predicted octanol–water partition coefficient (Wildman–Crippen LogP) is 1.80. The number of nitrogens with zero attached hydrogens (tertiary/aromatic N) is 3. The van der Waals surface area contributed by atoms with Crippen molar-refractivity contribution < 1.29 is 9.84 Å². The number of anilines is 1. The zero-order valence-electron chi connectivity index (χ0n) is 12.6. The molecular formula is C16H20N4O2. The molecule has 0 aliphatic carbocycles. The quantitative estimate of drug-likeness (QED) is 0.896. The molecule has 1 saturated heterocycles. The third-order valence-electron chi connectivity index (χ3n) is 3.81. The smallest absolute Gasteiger partial charge is 0.161 e. The lowest BCUT2D eigenvalue weighted by Crippen LogP contribution is -2.42. The molecule has 0 amide bonds. The normalized spacial score (nSPS) is 17.2. The molecule has 0 bridgehead atoms. The van der Waals surface area contributed by atoms with E-state index in [9.17, 15) is 5.11 Å². The van der Waals surface area contributed by atoms with Crippen LogP contribution in [-0.4, -0.2) is 45.4 Å². The Morgan fingerprint density at radius 1 is 1.23 bits per heavy atom. The van der Waals surface area contributed by atoms with Crippen LogP contribution in [0.25, 0.3) is 11.4 Å². The maximum Gasteiger partial charge on any atom is 0.161 e. The highest BCUT2D eigenvalue weighted by Crippen LogP contribution is 2.22. The molecule has 0 atom stereocenters. The van der Waals surface area contributed by atoms with Gasteiger partial charge in [0.05, 0.1) is 5.60 Å². The standard InChI is InChI=1S/C16H20N4O2/c1-12-10-14(18-11-16(21)4-8-22-9-5-16)20-15(19-12)13-2-6-17-7-3-13/h2-3,6-7,10,21H,4-5,8-9,11H2,1H3,(H,18,19,20). The van der Waals surface area contributed by atoms with E-state index in [2.05, 4.69) is 20.3 Å². The maximum atomic E-state index is 10.5. The molecule has 1 aliphatic rings. The van der Waals surface area contributed by atoms with Gasteiger partial charge in [0, 0.05) is 62.3 Å². The molecular weight excluding hydrogens is 280 g/mol. The topological polar surface area (TPSA) is 80.2 Å². The summed E-state index contributed by atoms with van der Waals surface area (Å²) >= 11 is 0. The third-order valence-corrected chi connectivity index (χ3v) is 3.81. The second kappa shape index (κ2) is 6.37. The molecule has 3 rings (SSSR count). The van der Waals surface area contributed by atoms with Crippen molar-refractivity contribution in [3.05, 3.63) is 36.3 Å². The number of ether oxygens (including phenoxy) is 1. The number of aryl methyl sites for hydroxylation is 1. The summed E-state index contributed by atoms with van der Waals surface area (Å²) in [5, 5.41) is 13.7. The molecule has 0 radical (unpaired) electrons. The second-order valence-corrected chi connectivity index (χ2v) is 5.64. The van der Waals surface area contributed by atoms with Gasteiger partial charge in [0.1, 0.15) is 5.82 Å². The Hall–Kier alpha value is -2.05. The van der Waals surface area contributed by atoms with Crippen molar-refractivity contribution in [1.29, 1.82) is 0 Å². The van der Waals surface area contributed by atoms with E-state index in [0.29, 0.717) is 38.4 Å². The van der Waals surface area contributed by atoms with E-state index in [-0.39, 0.29) is 0 Å². The van der Waals surface area contributed by atoms with Gasteiger partial charge in [-0.05, 0) is 19.1 Å². The molecule has 2 N–H and O–H groups in total. The number of rotatable bonds is 4. The third kappa shape index (κ3) is 3.58. The summed E-state index contributed by atoms with van der Waals surface area (Å²) in [5.41, 5.74) is 1.07. The molecule has 22 heavy (non-hydrogen) atoms. The van der Waals surface area contributed by atoms with Crippen molar-refractivity contribution in [2.24, 2.45) is 0 Å². The van der Waals surface area contributed by atoms with Gasteiger partial charge >= 0.3 is 0 Å². The lowest BCUT2D eigenvalue weighted by molar-refractivity contribution is -0.0543. The number of pyridine rings is 1. The van der Waals surface area contributed by atoms with Crippen molar-refractivity contribution in [3.63, 3.8) is 0 Å². The monoisotopic (exact) mass is 300 g/mol. The van der Waals surface area contributed by atoms with Crippen molar-refractivity contribution in [2.75, 3.05) is 25.1 Å². The van der Waals surface area contributed by atoms with Crippen LogP contribution in [-0.2, 0) is 4.74 Å². The van der Waals surface area contributed by atoms with Crippen LogP contribution in [0.2, 0.25) is 0 Å². The van der Waals surface area contributed by atoms with Gasteiger partial charge < -0.3 is 15.2 Å². The van der Waals surface area contributed by atoms with E-state index in [4.69, 9.17) is 4.74 Å². The predicted molar refractivity (Wildman–Crippen MR) is 83.5 cm³/mol. The van der Waals surface area contributed by atoms with Gasteiger partial charge in [-0.3, -0.25) is 4.98 Å². The summed E-state index contributed by atoms with van der Waals surface area (Å²) in [5.74, 6) is 1.38. The van der Waals surface area contributed by atoms with Gasteiger partial charge in [0.15, 0.2) is 5.82 Å². The molecule has 116 valence electrons. The van der Waals surface area contributed by atoms with Crippen LogP contribution in [0.5, 0.6) is 0 Å². The molecule has 0 spiro atoms. The fourth-order valence-corrected chi connectivity index (χ4v) is 2.47. The Morgan fingerprint density at radius 3 is 2.68 bits per heavy atom. The van der Waals surface area contributed by atoms with Crippen molar-refractivity contribution >= 4 is 5.82 Å². The highest BCUT2D eigenvalue weighted by molar-refractivity contribution is 5.56. The first-order valence-electron chi connectivity index (χ1n) is 7.45. The number of hydrogen-bond donors (Lipinski definition) is 2. The van der Waals surface area contributed by atoms with Crippen molar-refractivity contribution in [1.82, 2.24) is 15.0 Å². The molecule has 6 nitrogen and oxygen atoms in total. The zero-order chi connectivity index (χ0) is 15.4. The van der Waals surface area contributed by atoms with E-state index < -0.39 is 5.60 Å². The summed E-state index contributed by atoms with van der Waals surface area (Å²) < 4.78 is 5.29. The fraction of sp³-hybridized carbons (Fsp3) is 0.438. The Kier molecular flexibility index (Phi) is 4.31. The largest absolute Gasteiger partial charge is 0.388 e. The number of nitrogens with one attached hydrogen (secondary N) is 1. The second-order valence-electron chi connectivity index (χ2n) is 5.64. The Morgan fingerprint density at radius 2 is 1.95 bits per heavy atom. The Bertz CT molecular complexity index is 627. The van der Waals surface area contributed by atoms with E-state index in [0.717, 1.165) is 17.1 Å². The van der Waals surface area contributed by atoms with Gasteiger partial charge in [-0.2, -0.15) is 0 Å². The van der Waals surface area contributed by atoms with Crippen LogP contribution < -0.4 is 5.32 Å². The molecule has 0 unspecified atom stereocenters. The fourth-order valence-electron chi connectivity index (χ4n) is 2.47. The summed E-state index contributed by atoms with van der Waals surface area (Å²) in [4.78, 5) is 13.0. The zero-order valence-corrected chi connectivity index (χ0v) is 12.6. The van der Waals surface area contributed by atoms with E-state index in [1.54, 1.807) is 12.4 Å². The average molecular weight is 300 g/mol. The average Bonchev–Trinajstić information content (AvgIpc) is 2.54. The van der Waals surface area contributed by atoms with Gasteiger partial charge in [0.2, 0.25) is 0 Å². The minimum absolute atomic E-state index is 0.461. The highest BCUT2D eigenvalue weighted by Gasteiger charge is 2.29. The van der Waals surface area contributed by atoms with E-state index in [1.807, 2.05) is 25.1 Å². The van der Waals surface area contributed by atoms with Crippen LogP contribution in [0.1, 0.15) is 18.5 Å². The Balaban J connectivity index is 1.75. The molecule has 6 heteroatoms. The molecule has 2 aromatic heterocycles. The van der Waals surface area contributed by atoms with Crippen LogP contribution in [0, 0.1) is 6.92 Å². The summed E-state index contributed by atoms with van der Waals surface area (Å²) in [6.07, 6.45) is 4.72. The summed E-state index contributed by atoms with van der Waals surface area (Å²) in [7, 11) is 0. The van der Waals surface area contributed by atoms with Gasteiger partial charge in [0.25, 0.3) is 0 Å². The van der Waals surface area contributed by atoms with Gasteiger partial charge in [-0.15, -0.1) is 0 Å². The highest BCUT2D eigenvalue weighted by atomic mass is 16.5. The molecule has 2 aromatic rings. The minimum atomic E-state index is -0.728. The van der Waals surface area contributed by atoms with Crippen molar-refractivity contribution in [3.8, 4) is 11.4 Å². The number of aromatic nitrogens is 3. The lowest BCUT2D eigenvalue weighted by Gasteiger charge is -2.32. The molecule has 1 aliphatic heterocycles. The van der Waals surface area contributed by atoms with Gasteiger partial charge in [-0.25, -0.2) is 9.97 Å². The van der Waals surface area contributed by atoms with Crippen LogP contribution in [0.3, 0.4) is 0 Å². The minimum Gasteiger partial charge on any atom is -0.388 e. The molecule has 1 fully saturated rings. The summed E-state index contributed by atoms with van der Waals surface area (Å²) in [6.45, 7) is 3.59. The first-order valence-corrected chi connectivity index (χ1v) is 7.45. The lowest BCUT2D eigenvalue weighted by atomic mass is 9.94. The van der Waals surface area contributed by atoms with Crippen LogP contribution >= 0.6 is 0 Å². The number of aliphatic hydroxyl groups is 1. The van der Waals surface area contributed by atoms with E-state index in [1.165, 1.54) is 0 Å². The maximum absolute atomic E-state index is 10.5. The van der Waals surface area contributed by atoms with Gasteiger partial charge in [-0.1, -0.05) is 0 Å². The van der Waals surface area contributed by atoms with Crippen molar-refractivity contribution in [2.45, 2.75) is 25.4 Å². The number of hydrogen-bond acceptors (Lipinski definition) is 6. The molecule has 3 heterocycles. The first-order chi connectivity index (χ1) is 10.6. The molecule has 0 aromatic carbocycles. The first kappa shape index (κ1) is 14.9. The molecule has 0 saturated carbocycles. The van der Waals surface area contributed by atoms with Crippen LogP contribution in [0.15, 0.2) is 30.6 Å². The van der Waals surface area contributed by atoms with Crippen LogP contribution in [0.4, 0.5) is 5.82 Å².